The molecule has 0 bridgehead atoms. The van der Waals surface area contributed by atoms with Crippen LogP contribution in [-0.4, -0.2) is 18.0 Å². The predicted molar refractivity (Wildman–Crippen MR) is 97.4 cm³/mol. The molecule has 0 saturated heterocycles. The van der Waals surface area contributed by atoms with Crippen molar-refractivity contribution in [1.82, 2.24) is 4.74 Å². The SMILES string of the molecule is CCOP(=S)(OCC)SC(c1ccccc1)n1oc(C)cc1=O. The second-order valence-corrected chi connectivity index (χ2v) is 10.9. The van der Waals surface area contributed by atoms with Crippen LogP contribution in [0.2, 0.25) is 0 Å². The van der Waals surface area contributed by atoms with Gasteiger partial charge in [-0.05, 0) is 49.5 Å². The number of aryl methyl sites for hydroxylation is 1. The van der Waals surface area contributed by atoms with Crippen LogP contribution >= 0.6 is 17.1 Å². The summed E-state index contributed by atoms with van der Waals surface area (Å²) in [7, 11) is 0. The first kappa shape index (κ1) is 18.5. The van der Waals surface area contributed by atoms with E-state index in [9.17, 15) is 4.79 Å². The molecule has 0 amide bonds. The maximum atomic E-state index is 12.2. The summed E-state index contributed by atoms with van der Waals surface area (Å²) in [6, 6.07) is 11.1. The Morgan fingerprint density at radius 1 is 1.26 bits per heavy atom. The molecule has 0 aliphatic heterocycles. The van der Waals surface area contributed by atoms with E-state index < -0.39 is 11.1 Å². The zero-order chi connectivity index (χ0) is 16.9. The Hall–Kier alpha value is -0.850. The van der Waals surface area contributed by atoms with Gasteiger partial charge < -0.3 is 13.6 Å². The van der Waals surface area contributed by atoms with Gasteiger partial charge >= 0.3 is 0 Å². The number of hydrogen-bond acceptors (Lipinski definition) is 6. The van der Waals surface area contributed by atoms with Gasteiger partial charge in [0.15, 0.2) is 0 Å². The van der Waals surface area contributed by atoms with Crippen molar-refractivity contribution >= 4 is 28.9 Å². The van der Waals surface area contributed by atoms with Gasteiger partial charge in [-0.25, -0.2) is 0 Å². The lowest BCUT2D eigenvalue weighted by Crippen LogP contribution is -2.18. The molecule has 0 aliphatic carbocycles. The minimum absolute atomic E-state index is 0.210. The molecule has 126 valence electrons. The third-order valence-corrected chi connectivity index (χ3v) is 8.37. The molecule has 0 spiro atoms. The Balaban J connectivity index is 2.44. The van der Waals surface area contributed by atoms with Crippen LogP contribution in [0.25, 0.3) is 0 Å². The lowest BCUT2D eigenvalue weighted by Gasteiger charge is -2.25. The van der Waals surface area contributed by atoms with E-state index in [0.717, 1.165) is 5.56 Å². The standard InChI is InChI=1S/C15H20NO4PS2/c1-4-18-21(22,19-5-2)23-15(13-9-7-6-8-10-13)16-14(17)11-12(3)20-16/h6-11,15H,4-5H2,1-3H3. The van der Waals surface area contributed by atoms with E-state index in [-0.39, 0.29) is 5.56 Å². The molecular weight excluding hydrogens is 353 g/mol. The smallest absolute Gasteiger partial charge is 0.284 e. The second kappa shape index (κ2) is 8.31. The molecule has 0 N–H and O–H groups in total. The van der Waals surface area contributed by atoms with Crippen LogP contribution in [0.15, 0.2) is 45.7 Å². The van der Waals surface area contributed by atoms with Gasteiger partial charge in [0.25, 0.3) is 5.56 Å². The highest BCUT2D eigenvalue weighted by atomic mass is 32.9. The average Bonchev–Trinajstić information content (AvgIpc) is 2.85. The molecule has 0 fully saturated rings. The zero-order valence-electron chi connectivity index (χ0n) is 13.3. The van der Waals surface area contributed by atoms with Gasteiger partial charge in [0.1, 0.15) is 11.1 Å². The highest BCUT2D eigenvalue weighted by molar-refractivity contribution is 8.67. The third kappa shape index (κ3) is 4.81. The van der Waals surface area contributed by atoms with Crippen molar-refractivity contribution in [1.29, 1.82) is 0 Å². The van der Waals surface area contributed by atoms with Crippen LogP contribution in [0, 0.1) is 6.92 Å². The molecule has 0 aliphatic rings. The Kier molecular flexibility index (Phi) is 6.68. The van der Waals surface area contributed by atoms with Crippen molar-refractivity contribution in [2.75, 3.05) is 13.2 Å². The van der Waals surface area contributed by atoms with Gasteiger partial charge in [0.05, 0.1) is 13.2 Å². The number of benzene rings is 1. The van der Waals surface area contributed by atoms with E-state index in [1.165, 1.54) is 22.2 Å². The summed E-state index contributed by atoms with van der Waals surface area (Å²) < 4.78 is 18.3. The Morgan fingerprint density at radius 2 is 1.87 bits per heavy atom. The van der Waals surface area contributed by atoms with Crippen LogP contribution < -0.4 is 5.56 Å². The van der Waals surface area contributed by atoms with Crippen molar-refractivity contribution in [2.24, 2.45) is 0 Å². The number of aromatic nitrogens is 1. The first-order valence-corrected chi connectivity index (χ1v) is 11.4. The maximum absolute atomic E-state index is 12.2. The quantitative estimate of drug-likeness (QED) is 0.642. The monoisotopic (exact) mass is 373 g/mol. The van der Waals surface area contributed by atoms with Gasteiger partial charge in [-0.2, -0.15) is 4.74 Å². The summed E-state index contributed by atoms with van der Waals surface area (Å²) in [6.07, 6.45) is 0. The summed E-state index contributed by atoms with van der Waals surface area (Å²) in [5, 5.41) is -0.429. The van der Waals surface area contributed by atoms with Crippen molar-refractivity contribution in [3.05, 3.63) is 58.1 Å². The molecule has 1 atom stereocenters. The molecule has 1 aromatic heterocycles. The molecule has 1 heterocycles. The number of rotatable bonds is 8. The second-order valence-electron chi connectivity index (χ2n) is 4.66. The van der Waals surface area contributed by atoms with Gasteiger partial charge in [-0.1, -0.05) is 30.3 Å². The summed E-state index contributed by atoms with van der Waals surface area (Å²) in [5.41, 5.74) is -1.89. The summed E-state index contributed by atoms with van der Waals surface area (Å²) in [5.74, 6) is 0.553. The fourth-order valence-electron chi connectivity index (χ4n) is 2.02. The first-order chi connectivity index (χ1) is 11.0. The van der Waals surface area contributed by atoms with E-state index in [0.29, 0.717) is 19.0 Å². The molecule has 23 heavy (non-hydrogen) atoms. The number of nitrogens with zero attached hydrogens (tertiary/aromatic N) is 1. The van der Waals surface area contributed by atoms with Crippen molar-refractivity contribution < 1.29 is 13.6 Å². The van der Waals surface area contributed by atoms with E-state index in [1.807, 2.05) is 44.2 Å². The Labute approximate surface area is 144 Å². The fourth-order valence-corrected chi connectivity index (χ4v) is 7.32. The lowest BCUT2D eigenvalue weighted by molar-refractivity contribution is 0.258. The minimum atomic E-state index is -2.59. The van der Waals surface area contributed by atoms with Gasteiger partial charge in [0.2, 0.25) is 5.69 Å². The van der Waals surface area contributed by atoms with Crippen LogP contribution in [0.5, 0.6) is 0 Å². The Bertz CT molecular complexity index is 719. The first-order valence-electron chi connectivity index (χ1n) is 7.31. The minimum Gasteiger partial charge on any atom is -0.380 e. The fraction of sp³-hybridized carbons (Fsp3) is 0.400. The predicted octanol–water partition coefficient (Wildman–Crippen LogP) is 4.33. The molecule has 2 rings (SSSR count). The van der Waals surface area contributed by atoms with Gasteiger partial charge in [-0.15, -0.1) is 0 Å². The maximum Gasteiger partial charge on any atom is 0.284 e. The van der Waals surface area contributed by atoms with Gasteiger partial charge in [0, 0.05) is 6.07 Å². The third-order valence-electron chi connectivity index (χ3n) is 2.89. The van der Waals surface area contributed by atoms with E-state index in [1.54, 1.807) is 6.92 Å². The summed E-state index contributed by atoms with van der Waals surface area (Å²) >= 11 is 6.92. The van der Waals surface area contributed by atoms with Crippen molar-refractivity contribution in [3.8, 4) is 0 Å². The number of hydrogen-bond donors (Lipinski definition) is 0. The largest absolute Gasteiger partial charge is 0.380 e. The lowest BCUT2D eigenvalue weighted by atomic mass is 10.2. The van der Waals surface area contributed by atoms with Gasteiger partial charge in [-0.3, -0.25) is 4.79 Å². The van der Waals surface area contributed by atoms with E-state index in [4.69, 9.17) is 25.4 Å². The topological polar surface area (TPSA) is 53.6 Å². The average molecular weight is 373 g/mol. The van der Waals surface area contributed by atoms with Crippen molar-refractivity contribution in [2.45, 2.75) is 26.1 Å². The molecule has 1 unspecified atom stereocenters. The molecule has 5 nitrogen and oxygen atoms in total. The van der Waals surface area contributed by atoms with Crippen molar-refractivity contribution in [3.63, 3.8) is 0 Å². The summed E-state index contributed by atoms with van der Waals surface area (Å²) in [4.78, 5) is 12.2. The molecule has 2 aromatic rings. The highest BCUT2D eigenvalue weighted by Crippen LogP contribution is 2.65. The zero-order valence-corrected chi connectivity index (χ0v) is 15.8. The molecule has 1 aromatic carbocycles. The normalized spacial score (nSPS) is 13.2. The molecule has 0 saturated carbocycles. The molecular formula is C15H20NO4PS2. The van der Waals surface area contributed by atoms with E-state index >= 15 is 0 Å². The van der Waals surface area contributed by atoms with Crippen LogP contribution in [0.4, 0.5) is 0 Å². The van der Waals surface area contributed by atoms with E-state index in [2.05, 4.69) is 0 Å². The van der Waals surface area contributed by atoms with Crippen LogP contribution in [0.1, 0.15) is 30.5 Å². The molecule has 8 heteroatoms. The summed E-state index contributed by atoms with van der Waals surface area (Å²) in [6.45, 7) is 6.41. The molecule has 0 radical (unpaired) electrons. The van der Waals surface area contributed by atoms with Crippen LogP contribution in [0.3, 0.4) is 0 Å². The van der Waals surface area contributed by atoms with Crippen LogP contribution in [-0.2, 0) is 20.9 Å². The Morgan fingerprint density at radius 3 is 2.35 bits per heavy atom. The highest BCUT2D eigenvalue weighted by Gasteiger charge is 2.29.